The Bertz CT molecular complexity index is 2740. The third-order valence-corrected chi connectivity index (χ3v) is 17.6. The Morgan fingerprint density at radius 3 is 1.07 bits per heavy atom. The molecular formula is C60H78N8O17S2. The summed E-state index contributed by atoms with van der Waals surface area (Å²) in [6, 6.07) is 27.7. The highest BCUT2D eigenvalue weighted by Gasteiger charge is 2.57. The van der Waals surface area contributed by atoms with Gasteiger partial charge in [-0.3, -0.25) is 9.59 Å². The SMILES string of the molecule is CN(C)C(=O)N1CN(c2ccccc2)C2(CCN(CCCC3(c4cccs4)OCCO3)CC2)C1=O.CN(C)C(=O)N1CN(c2ccccc2)C2(CCN(CCCC3(c4cccs4)OCCO3)CC2)C1=O.O.O=C(O)/C=C/C(=O)O.O=C(O)/C=C/C(=O)O. The number of para-hydroxylation sites is 2. The number of hydrogen-bond donors (Lipinski definition) is 4. The minimum absolute atomic E-state index is 0. The molecule has 6 N–H and O–H groups in total. The number of rotatable bonds is 16. The van der Waals surface area contributed by atoms with E-state index in [4.69, 9.17) is 39.4 Å². The summed E-state index contributed by atoms with van der Waals surface area (Å²) >= 11 is 3.36. The normalized spacial score (nSPS) is 19.2. The van der Waals surface area contributed by atoms with E-state index in [9.17, 15) is 38.4 Å². The first-order chi connectivity index (χ1) is 41.2. The third-order valence-electron chi connectivity index (χ3n) is 15.6. The number of carbonyl (C=O) groups is 8. The number of anilines is 2. The molecule has 27 heteroatoms. The van der Waals surface area contributed by atoms with Crippen molar-refractivity contribution in [2.45, 2.75) is 74.0 Å². The number of nitrogens with zero attached hydrogens (tertiary/aromatic N) is 8. The number of ether oxygens (including phenoxy) is 4. The van der Waals surface area contributed by atoms with Crippen molar-refractivity contribution in [2.75, 3.05) is 117 Å². The largest absolute Gasteiger partial charge is 0.478 e. The lowest BCUT2D eigenvalue weighted by Crippen LogP contribution is -2.57. The van der Waals surface area contributed by atoms with E-state index in [-0.39, 0.29) is 42.7 Å². The van der Waals surface area contributed by atoms with Gasteiger partial charge in [0.15, 0.2) is 0 Å². The minimum Gasteiger partial charge on any atom is -0.478 e. The predicted molar refractivity (Wildman–Crippen MR) is 323 cm³/mol. The van der Waals surface area contributed by atoms with Gasteiger partial charge in [-0.2, -0.15) is 0 Å². The topological polar surface area (TPSA) is 312 Å². The molecule has 0 radical (unpaired) electrons. The second-order valence-electron chi connectivity index (χ2n) is 21.5. The molecule has 6 saturated heterocycles. The average molecular weight is 1250 g/mol. The molecule has 2 aromatic carbocycles. The smallest absolute Gasteiger partial charge is 0.328 e. The van der Waals surface area contributed by atoms with E-state index in [1.807, 2.05) is 72.8 Å². The number of carboxylic acids is 4. The zero-order valence-corrected chi connectivity index (χ0v) is 50.9. The summed E-state index contributed by atoms with van der Waals surface area (Å²) in [5, 5.41) is 35.4. The van der Waals surface area contributed by atoms with Crippen molar-refractivity contribution in [1.29, 1.82) is 0 Å². The number of thiophene rings is 2. The van der Waals surface area contributed by atoms with Gasteiger partial charge in [0.2, 0.25) is 11.6 Å². The van der Waals surface area contributed by atoms with Gasteiger partial charge in [-0.05, 0) is 98.8 Å². The fourth-order valence-electron chi connectivity index (χ4n) is 11.4. The first-order valence-electron chi connectivity index (χ1n) is 28.2. The van der Waals surface area contributed by atoms with E-state index in [0.29, 0.717) is 76.4 Å². The van der Waals surface area contributed by atoms with Gasteiger partial charge < -0.3 is 74.2 Å². The van der Waals surface area contributed by atoms with Crippen LogP contribution in [0.15, 0.2) is 120 Å². The van der Waals surface area contributed by atoms with Gasteiger partial charge >= 0.3 is 35.9 Å². The van der Waals surface area contributed by atoms with Crippen molar-refractivity contribution >= 4 is 81.8 Å². The zero-order chi connectivity index (χ0) is 62.1. The Hall–Kier alpha value is -7.60. The molecule has 6 amide bonds. The second-order valence-corrected chi connectivity index (χ2v) is 23.4. The number of hydrogen-bond acceptors (Lipinski definition) is 18. The van der Waals surface area contributed by atoms with Crippen LogP contribution in [0.4, 0.5) is 21.0 Å². The molecule has 2 spiro atoms. The van der Waals surface area contributed by atoms with E-state index in [2.05, 4.69) is 42.5 Å². The van der Waals surface area contributed by atoms with Crippen LogP contribution < -0.4 is 9.80 Å². The molecule has 2 aromatic heterocycles. The fraction of sp³-hybridized carbons (Fsp3) is 0.467. The number of imide groups is 2. The van der Waals surface area contributed by atoms with Gasteiger partial charge in [0.1, 0.15) is 24.4 Å². The third kappa shape index (κ3) is 16.9. The number of likely N-dealkylation sites (tertiary alicyclic amines) is 2. The monoisotopic (exact) mass is 1250 g/mol. The van der Waals surface area contributed by atoms with Crippen LogP contribution in [0, 0.1) is 0 Å². The molecule has 6 aliphatic rings. The molecule has 4 aromatic rings. The summed E-state index contributed by atoms with van der Waals surface area (Å²) in [5.41, 5.74) is 0.604. The maximum atomic E-state index is 13.7. The molecule has 6 aliphatic heterocycles. The Morgan fingerprint density at radius 1 is 0.494 bits per heavy atom. The lowest BCUT2D eigenvalue weighted by Gasteiger charge is -2.43. The summed E-state index contributed by atoms with van der Waals surface area (Å²) in [4.78, 5) is 108. The van der Waals surface area contributed by atoms with Crippen LogP contribution in [-0.4, -0.2) is 221 Å². The molecule has 0 aliphatic carbocycles. The van der Waals surface area contributed by atoms with E-state index >= 15 is 0 Å². The summed E-state index contributed by atoms with van der Waals surface area (Å²) in [5.74, 6) is -6.40. The number of amides is 6. The second kappa shape index (κ2) is 31.3. The quantitative estimate of drug-likeness (QED) is 0.0978. The first kappa shape index (κ1) is 68.5. The molecule has 472 valence electrons. The van der Waals surface area contributed by atoms with Gasteiger partial charge in [-0.1, -0.05) is 48.5 Å². The van der Waals surface area contributed by atoms with E-state index in [0.717, 1.165) is 86.1 Å². The Kier molecular flexibility index (Phi) is 24.7. The molecule has 0 atom stereocenters. The number of urea groups is 2. The molecule has 87 heavy (non-hydrogen) atoms. The standard InChI is InChI=1S/2C26H34N4O4S.2C4H4O4.H2O/c2*1-27(2)24(32)29-20-30(21-8-4-3-5-9-21)25(23(29)31)12-15-28(16-13-25)14-7-11-26(33-17-18-34-26)22-10-6-19-35-22;2*5-3(6)1-2-4(7)8;/h2*3-6,8-10,19H,7,11-18,20H2,1-2H3;2*1-2H,(H,5,6)(H,7,8);1H2/b;;2*2-1+;. The van der Waals surface area contributed by atoms with Crippen molar-refractivity contribution in [2.24, 2.45) is 0 Å². The zero-order valence-electron chi connectivity index (χ0n) is 49.3. The molecule has 8 heterocycles. The van der Waals surface area contributed by atoms with Crippen molar-refractivity contribution in [1.82, 2.24) is 29.4 Å². The van der Waals surface area contributed by atoms with Gasteiger partial charge in [0, 0.05) is 103 Å². The van der Waals surface area contributed by atoms with E-state index < -0.39 is 46.5 Å². The van der Waals surface area contributed by atoms with Crippen molar-refractivity contribution in [3.8, 4) is 0 Å². The number of piperidine rings is 2. The van der Waals surface area contributed by atoms with Crippen LogP contribution in [0.3, 0.4) is 0 Å². The Balaban J connectivity index is 0.000000220. The number of carboxylic acid groups (broad SMARTS) is 4. The van der Waals surface area contributed by atoms with Crippen LogP contribution >= 0.6 is 22.7 Å². The van der Waals surface area contributed by atoms with Gasteiger partial charge in [0.05, 0.1) is 36.2 Å². The minimum atomic E-state index is -1.26. The van der Waals surface area contributed by atoms with Gasteiger partial charge in [-0.15, -0.1) is 22.7 Å². The van der Waals surface area contributed by atoms with Crippen LogP contribution in [-0.2, 0) is 59.3 Å². The van der Waals surface area contributed by atoms with Crippen molar-refractivity contribution < 1.29 is 83.2 Å². The first-order valence-corrected chi connectivity index (χ1v) is 30.0. The molecule has 10 rings (SSSR count). The highest BCUT2D eigenvalue weighted by Crippen LogP contribution is 2.44. The van der Waals surface area contributed by atoms with Gasteiger partial charge in [0.25, 0.3) is 11.8 Å². The molecule has 6 fully saturated rings. The number of benzene rings is 2. The molecular weight excluding hydrogens is 1170 g/mol. The molecule has 25 nitrogen and oxygen atoms in total. The highest BCUT2D eigenvalue weighted by molar-refractivity contribution is 7.10. The molecule has 0 saturated carbocycles. The average Bonchev–Trinajstić information content (AvgIpc) is 1.65. The summed E-state index contributed by atoms with van der Waals surface area (Å²) < 4.78 is 24.2. The lowest BCUT2D eigenvalue weighted by atomic mass is 9.85. The van der Waals surface area contributed by atoms with Crippen LogP contribution in [0.5, 0.6) is 0 Å². The van der Waals surface area contributed by atoms with Crippen LogP contribution in [0.2, 0.25) is 0 Å². The molecule has 0 bridgehead atoms. The summed E-state index contributed by atoms with van der Waals surface area (Å²) in [6.45, 7) is 8.20. The van der Waals surface area contributed by atoms with Gasteiger partial charge in [-0.25, -0.2) is 38.6 Å². The maximum Gasteiger partial charge on any atom is 0.328 e. The predicted octanol–water partition coefficient (Wildman–Crippen LogP) is 5.70. The number of aliphatic carboxylic acids is 4. The highest BCUT2D eigenvalue weighted by atomic mass is 32.1. The van der Waals surface area contributed by atoms with E-state index in [1.54, 1.807) is 50.9 Å². The number of carbonyl (C=O) groups excluding carboxylic acids is 4. The summed E-state index contributed by atoms with van der Waals surface area (Å²) in [6.07, 6.45) is 8.54. The Morgan fingerprint density at radius 2 is 0.805 bits per heavy atom. The van der Waals surface area contributed by atoms with Crippen molar-refractivity contribution in [3.05, 3.63) is 130 Å². The lowest BCUT2D eigenvalue weighted by molar-refractivity contribution is -0.169. The summed E-state index contributed by atoms with van der Waals surface area (Å²) in [7, 11) is 6.77. The van der Waals surface area contributed by atoms with E-state index in [1.165, 1.54) is 19.6 Å². The van der Waals surface area contributed by atoms with Crippen molar-refractivity contribution in [3.63, 3.8) is 0 Å². The maximum absolute atomic E-state index is 13.7. The Labute approximate surface area is 513 Å². The van der Waals surface area contributed by atoms with Crippen LogP contribution in [0.1, 0.15) is 61.1 Å². The molecule has 0 unspecified atom stereocenters. The van der Waals surface area contributed by atoms with Crippen LogP contribution in [0.25, 0.3) is 0 Å². The fourth-order valence-corrected chi connectivity index (χ4v) is 13.1.